The maximum absolute atomic E-state index is 5.61. The van der Waals surface area contributed by atoms with E-state index in [-0.39, 0.29) is 0 Å². The van der Waals surface area contributed by atoms with Gasteiger partial charge in [-0.1, -0.05) is 20.8 Å². The Morgan fingerprint density at radius 3 is 2.53 bits per heavy atom. The summed E-state index contributed by atoms with van der Waals surface area (Å²) in [5.74, 6) is 1.09. The molecule has 1 aliphatic rings. The standard InChI is InChI=1S/C14H23NO2/c1-14(2,3)11-12(13-5-4-8-17-13)15-6-9-16-10-7-15/h4-5,8,12H,6-7,9-11H2,1-3H3. The largest absolute Gasteiger partial charge is 0.468 e. The van der Waals surface area contributed by atoms with Gasteiger partial charge in [0.2, 0.25) is 0 Å². The molecule has 1 unspecified atom stereocenters. The summed E-state index contributed by atoms with van der Waals surface area (Å²) in [6.07, 6.45) is 2.88. The Bertz CT molecular complexity index is 320. The molecule has 0 aliphatic carbocycles. The molecule has 0 spiro atoms. The van der Waals surface area contributed by atoms with Crippen LogP contribution in [-0.2, 0) is 4.74 Å². The molecule has 1 atom stereocenters. The van der Waals surface area contributed by atoms with Gasteiger partial charge in [0, 0.05) is 13.1 Å². The van der Waals surface area contributed by atoms with Crippen LogP contribution in [0.2, 0.25) is 0 Å². The van der Waals surface area contributed by atoms with E-state index in [0.29, 0.717) is 11.5 Å². The molecule has 0 N–H and O–H groups in total. The molecule has 0 amide bonds. The fourth-order valence-electron chi connectivity index (χ4n) is 2.36. The lowest BCUT2D eigenvalue weighted by Crippen LogP contribution is -2.40. The van der Waals surface area contributed by atoms with Crippen LogP contribution >= 0.6 is 0 Å². The van der Waals surface area contributed by atoms with E-state index in [2.05, 4.69) is 31.7 Å². The highest BCUT2D eigenvalue weighted by Crippen LogP contribution is 2.34. The highest BCUT2D eigenvalue weighted by atomic mass is 16.5. The molecule has 3 nitrogen and oxygen atoms in total. The summed E-state index contributed by atoms with van der Waals surface area (Å²) >= 11 is 0. The minimum Gasteiger partial charge on any atom is -0.468 e. The number of ether oxygens (including phenoxy) is 1. The van der Waals surface area contributed by atoms with E-state index < -0.39 is 0 Å². The Balaban J connectivity index is 2.12. The van der Waals surface area contributed by atoms with Gasteiger partial charge in [0.05, 0.1) is 25.5 Å². The molecule has 0 saturated carbocycles. The molecule has 2 rings (SSSR count). The normalized spacial score (nSPS) is 20.4. The quantitative estimate of drug-likeness (QED) is 0.808. The molecule has 96 valence electrons. The first-order chi connectivity index (χ1) is 8.06. The van der Waals surface area contributed by atoms with Crippen LogP contribution in [0.1, 0.15) is 39.0 Å². The first kappa shape index (κ1) is 12.7. The van der Waals surface area contributed by atoms with Gasteiger partial charge in [-0.2, -0.15) is 0 Å². The van der Waals surface area contributed by atoms with Gasteiger partial charge in [0.25, 0.3) is 0 Å². The second kappa shape index (κ2) is 5.23. The van der Waals surface area contributed by atoms with Crippen LogP contribution < -0.4 is 0 Å². The molecule has 0 bridgehead atoms. The molecule has 17 heavy (non-hydrogen) atoms. The highest BCUT2D eigenvalue weighted by Gasteiger charge is 2.28. The molecule has 2 heterocycles. The van der Waals surface area contributed by atoms with Gasteiger partial charge in [-0.3, -0.25) is 4.90 Å². The Labute approximate surface area is 104 Å². The third kappa shape index (κ3) is 3.58. The van der Waals surface area contributed by atoms with Crippen molar-refractivity contribution in [2.75, 3.05) is 26.3 Å². The molecule has 1 aromatic rings. The summed E-state index contributed by atoms with van der Waals surface area (Å²) in [5, 5.41) is 0. The van der Waals surface area contributed by atoms with Gasteiger partial charge in [0.1, 0.15) is 5.76 Å². The summed E-state index contributed by atoms with van der Waals surface area (Å²) in [5.41, 5.74) is 0.301. The second-order valence-electron chi connectivity index (χ2n) is 5.94. The average Bonchev–Trinajstić information content (AvgIpc) is 2.79. The van der Waals surface area contributed by atoms with E-state index in [0.717, 1.165) is 38.5 Å². The lowest BCUT2D eigenvalue weighted by molar-refractivity contribution is 0.00195. The summed E-state index contributed by atoms with van der Waals surface area (Å²) in [7, 11) is 0. The Hall–Kier alpha value is -0.800. The molecule has 0 radical (unpaired) electrons. The fraction of sp³-hybridized carbons (Fsp3) is 0.714. The molecule has 1 fully saturated rings. The fourth-order valence-corrected chi connectivity index (χ4v) is 2.36. The van der Waals surface area contributed by atoms with Crippen molar-refractivity contribution >= 4 is 0 Å². The van der Waals surface area contributed by atoms with Crippen LogP contribution in [0, 0.1) is 5.41 Å². The topological polar surface area (TPSA) is 25.6 Å². The third-order valence-corrected chi connectivity index (χ3v) is 3.16. The SMILES string of the molecule is CC(C)(C)CC(c1ccco1)N1CCOCC1. The predicted octanol–water partition coefficient (Wildman–Crippen LogP) is 3.09. The minimum atomic E-state index is 0.301. The van der Waals surface area contributed by atoms with Crippen LogP contribution in [0.5, 0.6) is 0 Å². The van der Waals surface area contributed by atoms with E-state index in [1.807, 2.05) is 6.07 Å². The van der Waals surface area contributed by atoms with Crippen molar-refractivity contribution in [3.8, 4) is 0 Å². The lowest BCUT2D eigenvalue weighted by atomic mass is 9.86. The van der Waals surface area contributed by atoms with E-state index >= 15 is 0 Å². The van der Waals surface area contributed by atoms with E-state index in [1.54, 1.807) is 6.26 Å². The van der Waals surface area contributed by atoms with Crippen molar-refractivity contribution in [2.24, 2.45) is 5.41 Å². The van der Waals surface area contributed by atoms with Crippen molar-refractivity contribution in [3.63, 3.8) is 0 Å². The first-order valence-electron chi connectivity index (χ1n) is 6.41. The Morgan fingerprint density at radius 2 is 2.00 bits per heavy atom. The van der Waals surface area contributed by atoms with Crippen LogP contribution in [0.25, 0.3) is 0 Å². The monoisotopic (exact) mass is 237 g/mol. The van der Waals surface area contributed by atoms with Crippen molar-refractivity contribution < 1.29 is 9.15 Å². The zero-order chi connectivity index (χ0) is 12.3. The number of hydrogen-bond acceptors (Lipinski definition) is 3. The molecule has 3 heteroatoms. The molecule has 1 aromatic heterocycles. The predicted molar refractivity (Wildman–Crippen MR) is 67.9 cm³/mol. The zero-order valence-corrected chi connectivity index (χ0v) is 11.1. The van der Waals surface area contributed by atoms with Crippen LogP contribution in [-0.4, -0.2) is 31.2 Å². The van der Waals surface area contributed by atoms with Gasteiger partial charge < -0.3 is 9.15 Å². The van der Waals surface area contributed by atoms with Crippen molar-refractivity contribution in [3.05, 3.63) is 24.2 Å². The lowest BCUT2D eigenvalue weighted by Gasteiger charge is -2.36. The van der Waals surface area contributed by atoms with Crippen molar-refractivity contribution in [1.29, 1.82) is 0 Å². The summed E-state index contributed by atoms with van der Waals surface area (Å²) in [4.78, 5) is 2.48. The number of rotatable bonds is 3. The van der Waals surface area contributed by atoms with Gasteiger partial charge in [-0.15, -0.1) is 0 Å². The smallest absolute Gasteiger partial charge is 0.120 e. The average molecular weight is 237 g/mol. The summed E-state index contributed by atoms with van der Waals surface area (Å²) in [6.45, 7) is 10.5. The molecular weight excluding hydrogens is 214 g/mol. The van der Waals surface area contributed by atoms with Crippen molar-refractivity contribution in [1.82, 2.24) is 4.90 Å². The number of hydrogen-bond donors (Lipinski definition) is 0. The van der Waals surface area contributed by atoms with Gasteiger partial charge in [-0.05, 0) is 24.0 Å². The van der Waals surface area contributed by atoms with Gasteiger partial charge in [0.15, 0.2) is 0 Å². The number of morpholine rings is 1. The summed E-state index contributed by atoms with van der Waals surface area (Å²) < 4.78 is 11.0. The molecule has 0 aromatic carbocycles. The Morgan fingerprint density at radius 1 is 1.29 bits per heavy atom. The van der Waals surface area contributed by atoms with E-state index in [1.165, 1.54) is 0 Å². The second-order valence-corrected chi connectivity index (χ2v) is 5.94. The number of nitrogens with zero attached hydrogens (tertiary/aromatic N) is 1. The summed E-state index contributed by atoms with van der Waals surface area (Å²) in [6, 6.07) is 4.45. The molecular formula is C14H23NO2. The van der Waals surface area contributed by atoms with E-state index in [9.17, 15) is 0 Å². The number of furan rings is 1. The Kier molecular flexibility index (Phi) is 3.89. The zero-order valence-electron chi connectivity index (χ0n) is 11.1. The molecule has 1 aliphatic heterocycles. The van der Waals surface area contributed by atoms with Crippen LogP contribution in [0.3, 0.4) is 0 Å². The van der Waals surface area contributed by atoms with Crippen LogP contribution in [0.15, 0.2) is 22.8 Å². The molecule has 1 saturated heterocycles. The highest BCUT2D eigenvalue weighted by molar-refractivity contribution is 5.06. The third-order valence-electron chi connectivity index (χ3n) is 3.16. The maximum Gasteiger partial charge on any atom is 0.120 e. The van der Waals surface area contributed by atoms with Crippen LogP contribution in [0.4, 0.5) is 0 Å². The van der Waals surface area contributed by atoms with Crippen molar-refractivity contribution in [2.45, 2.75) is 33.2 Å². The van der Waals surface area contributed by atoms with E-state index in [4.69, 9.17) is 9.15 Å². The van der Waals surface area contributed by atoms with Gasteiger partial charge >= 0.3 is 0 Å². The first-order valence-corrected chi connectivity index (χ1v) is 6.41. The minimum absolute atomic E-state index is 0.301. The van der Waals surface area contributed by atoms with Gasteiger partial charge in [-0.25, -0.2) is 0 Å². The maximum atomic E-state index is 5.61.